The number of hydrogen-bond acceptors (Lipinski definition) is 6. The molecule has 0 saturated heterocycles. The van der Waals surface area contributed by atoms with Crippen molar-refractivity contribution in [3.05, 3.63) is 48.5 Å². The van der Waals surface area contributed by atoms with Crippen molar-refractivity contribution in [2.45, 2.75) is 6.92 Å². The summed E-state index contributed by atoms with van der Waals surface area (Å²) in [6, 6.07) is 5.84. The maximum absolute atomic E-state index is 12.2. The molecule has 0 aromatic carbocycles. The first-order valence-electron chi connectivity index (χ1n) is 8.37. The van der Waals surface area contributed by atoms with E-state index < -0.39 is 0 Å². The van der Waals surface area contributed by atoms with Crippen LogP contribution in [-0.2, 0) is 7.05 Å². The molecular weight excluding hydrogens is 346 g/mol. The molecule has 0 aliphatic carbocycles. The predicted molar refractivity (Wildman–Crippen MR) is 99.4 cm³/mol. The number of aromatic nitrogens is 6. The van der Waals surface area contributed by atoms with Gasteiger partial charge in [-0.1, -0.05) is 0 Å². The van der Waals surface area contributed by atoms with Crippen LogP contribution in [0.1, 0.15) is 17.3 Å². The molecule has 136 valence electrons. The number of anilines is 1. The molecule has 2 N–H and O–H groups in total. The molecule has 4 aromatic heterocycles. The third kappa shape index (κ3) is 3.47. The Bertz CT molecular complexity index is 1120. The van der Waals surface area contributed by atoms with Gasteiger partial charge in [0.05, 0.1) is 35.3 Å². The van der Waals surface area contributed by atoms with Gasteiger partial charge in [0, 0.05) is 37.1 Å². The van der Waals surface area contributed by atoms with Gasteiger partial charge >= 0.3 is 6.01 Å². The lowest BCUT2D eigenvalue weighted by Crippen LogP contribution is -2.12. The van der Waals surface area contributed by atoms with Crippen molar-refractivity contribution in [3.63, 3.8) is 0 Å². The maximum Gasteiger partial charge on any atom is 0.316 e. The van der Waals surface area contributed by atoms with Crippen molar-refractivity contribution in [2.75, 3.05) is 11.9 Å². The zero-order chi connectivity index (χ0) is 18.8. The van der Waals surface area contributed by atoms with Crippen LogP contribution in [0.2, 0.25) is 0 Å². The molecule has 0 unspecified atom stereocenters. The first-order valence-corrected chi connectivity index (χ1v) is 8.37. The summed E-state index contributed by atoms with van der Waals surface area (Å²) in [5, 5.41) is 7.67. The van der Waals surface area contributed by atoms with E-state index in [9.17, 15) is 4.79 Å². The highest BCUT2D eigenvalue weighted by atomic mass is 16.5. The van der Waals surface area contributed by atoms with Crippen LogP contribution in [-0.4, -0.2) is 42.2 Å². The van der Waals surface area contributed by atoms with Crippen LogP contribution in [0, 0.1) is 0 Å². The number of aryl methyl sites for hydroxylation is 1. The number of carbonyl (C=O) groups excluding carboxylic acids is 1. The first-order chi connectivity index (χ1) is 13.1. The molecule has 1 amide bonds. The summed E-state index contributed by atoms with van der Waals surface area (Å²) in [7, 11) is 1.76. The van der Waals surface area contributed by atoms with Gasteiger partial charge in [0.25, 0.3) is 5.91 Å². The Balaban J connectivity index is 1.60. The van der Waals surface area contributed by atoms with Crippen LogP contribution >= 0.6 is 0 Å². The Labute approximate surface area is 154 Å². The van der Waals surface area contributed by atoms with E-state index in [-0.39, 0.29) is 5.91 Å². The average Bonchev–Trinajstić information content (AvgIpc) is 3.28. The third-order valence-corrected chi connectivity index (χ3v) is 3.90. The molecule has 9 heteroatoms. The lowest BCUT2D eigenvalue weighted by Gasteiger charge is -2.02. The first kappa shape index (κ1) is 16.7. The van der Waals surface area contributed by atoms with Gasteiger partial charge in [-0.05, 0) is 19.1 Å². The lowest BCUT2D eigenvalue weighted by molar-refractivity contribution is 0.102. The topological polar surface area (TPSA) is 111 Å². The summed E-state index contributed by atoms with van der Waals surface area (Å²) in [5.74, 6) is 0.182. The second-order valence-corrected chi connectivity index (χ2v) is 5.85. The van der Waals surface area contributed by atoms with Crippen molar-refractivity contribution >= 4 is 22.6 Å². The van der Waals surface area contributed by atoms with E-state index in [0.717, 1.165) is 16.6 Å². The second-order valence-electron chi connectivity index (χ2n) is 5.85. The van der Waals surface area contributed by atoms with E-state index in [1.165, 1.54) is 6.20 Å². The van der Waals surface area contributed by atoms with Gasteiger partial charge in [0.1, 0.15) is 5.82 Å². The van der Waals surface area contributed by atoms with Gasteiger partial charge in [-0.25, -0.2) is 9.97 Å². The number of rotatable bonds is 5. The van der Waals surface area contributed by atoms with Gasteiger partial charge in [0.15, 0.2) is 0 Å². The van der Waals surface area contributed by atoms with Crippen LogP contribution < -0.4 is 10.1 Å². The Morgan fingerprint density at radius 2 is 2.19 bits per heavy atom. The summed E-state index contributed by atoms with van der Waals surface area (Å²) < 4.78 is 6.92. The molecule has 0 aliphatic heterocycles. The summed E-state index contributed by atoms with van der Waals surface area (Å²) in [6.07, 6.45) is 6.49. The van der Waals surface area contributed by atoms with Gasteiger partial charge in [0.2, 0.25) is 0 Å². The second kappa shape index (κ2) is 6.87. The highest BCUT2D eigenvalue weighted by molar-refractivity contribution is 6.04. The van der Waals surface area contributed by atoms with E-state index >= 15 is 0 Å². The SMILES string of the molecule is CCOc1nccc(-c2cc3cnc(NC(=O)c4cnn(C)c4)cc3[nH]2)n1. The Hall–Kier alpha value is -3.75. The van der Waals surface area contributed by atoms with Gasteiger partial charge in [-0.2, -0.15) is 10.1 Å². The van der Waals surface area contributed by atoms with Crippen LogP contribution in [0.5, 0.6) is 6.01 Å². The number of fused-ring (bicyclic) bond motifs is 1. The molecule has 0 saturated carbocycles. The van der Waals surface area contributed by atoms with E-state index in [1.807, 2.05) is 13.0 Å². The van der Waals surface area contributed by atoms with Gasteiger partial charge in [-0.3, -0.25) is 9.48 Å². The Morgan fingerprint density at radius 1 is 1.30 bits per heavy atom. The zero-order valence-electron chi connectivity index (χ0n) is 14.8. The molecule has 4 aromatic rings. The lowest BCUT2D eigenvalue weighted by atomic mass is 10.2. The fraction of sp³-hybridized carbons (Fsp3) is 0.167. The van der Waals surface area contributed by atoms with Crippen molar-refractivity contribution < 1.29 is 9.53 Å². The number of nitrogens with one attached hydrogen (secondary N) is 2. The summed E-state index contributed by atoms with van der Waals surface area (Å²) in [6.45, 7) is 2.38. The number of aromatic amines is 1. The number of amides is 1. The van der Waals surface area contributed by atoms with E-state index in [0.29, 0.717) is 29.7 Å². The standard InChI is InChI=1S/C18H17N7O2/c1-3-27-18-19-5-4-13(23-18)15-6-11-8-20-16(7-14(11)22-15)24-17(26)12-9-21-25(2)10-12/h4-10,22H,3H2,1-2H3,(H,20,24,26). The molecule has 0 aliphatic rings. The van der Waals surface area contributed by atoms with Crippen LogP contribution in [0.4, 0.5) is 5.82 Å². The predicted octanol–water partition coefficient (Wildman–Crippen LogP) is 2.40. The number of hydrogen-bond donors (Lipinski definition) is 2. The molecule has 0 radical (unpaired) electrons. The quantitative estimate of drug-likeness (QED) is 0.563. The van der Waals surface area contributed by atoms with Gasteiger partial charge in [-0.15, -0.1) is 0 Å². The summed E-state index contributed by atoms with van der Waals surface area (Å²) >= 11 is 0. The largest absolute Gasteiger partial charge is 0.464 e. The van der Waals surface area contributed by atoms with Crippen LogP contribution in [0.3, 0.4) is 0 Å². The minimum atomic E-state index is -0.265. The third-order valence-electron chi connectivity index (χ3n) is 3.90. The van der Waals surface area contributed by atoms with Crippen molar-refractivity contribution in [1.29, 1.82) is 0 Å². The number of pyridine rings is 1. The highest BCUT2D eigenvalue weighted by Gasteiger charge is 2.11. The fourth-order valence-corrected chi connectivity index (χ4v) is 2.65. The Morgan fingerprint density at radius 3 is 2.96 bits per heavy atom. The molecule has 0 spiro atoms. The van der Waals surface area contributed by atoms with Crippen LogP contribution in [0.25, 0.3) is 22.3 Å². The summed E-state index contributed by atoms with van der Waals surface area (Å²) in [4.78, 5) is 28.3. The molecule has 4 rings (SSSR count). The molecule has 4 heterocycles. The highest BCUT2D eigenvalue weighted by Crippen LogP contribution is 2.24. The van der Waals surface area contributed by atoms with E-state index in [2.05, 4.69) is 30.4 Å². The summed E-state index contributed by atoms with van der Waals surface area (Å²) in [5.41, 5.74) is 2.82. The minimum absolute atomic E-state index is 0.265. The molecule has 0 bridgehead atoms. The molecule has 0 fully saturated rings. The van der Waals surface area contributed by atoms with Crippen molar-refractivity contribution in [2.24, 2.45) is 7.05 Å². The maximum atomic E-state index is 12.2. The molecule has 27 heavy (non-hydrogen) atoms. The number of H-pyrrole nitrogens is 1. The fourth-order valence-electron chi connectivity index (χ4n) is 2.65. The van der Waals surface area contributed by atoms with Gasteiger partial charge < -0.3 is 15.0 Å². The zero-order valence-corrected chi connectivity index (χ0v) is 14.8. The van der Waals surface area contributed by atoms with Crippen molar-refractivity contribution in [1.82, 2.24) is 29.7 Å². The minimum Gasteiger partial charge on any atom is -0.464 e. The monoisotopic (exact) mass is 363 g/mol. The molecular formula is C18H17N7O2. The van der Waals surface area contributed by atoms with Crippen molar-refractivity contribution in [3.8, 4) is 17.4 Å². The number of nitrogens with zero attached hydrogens (tertiary/aromatic N) is 5. The normalized spacial score (nSPS) is 10.9. The Kier molecular flexibility index (Phi) is 4.25. The molecule has 9 nitrogen and oxygen atoms in total. The number of ether oxygens (including phenoxy) is 1. The number of carbonyl (C=O) groups is 1. The van der Waals surface area contributed by atoms with E-state index in [4.69, 9.17) is 4.74 Å². The van der Waals surface area contributed by atoms with E-state index in [1.54, 1.807) is 42.5 Å². The van der Waals surface area contributed by atoms with Crippen LogP contribution in [0.15, 0.2) is 43.0 Å². The average molecular weight is 363 g/mol. The smallest absolute Gasteiger partial charge is 0.316 e. The molecule has 0 atom stereocenters.